The molecule has 19 heavy (non-hydrogen) atoms. The lowest BCUT2D eigenvalue weighted by Gasteiger charge is -2.02. The molecule has 0 saturated carbocycles. The first-order valence-corrected chi connectivity index (χ1v) is 6.75. The highest BCUT2D eigenvalue weighted by molar-refractivity contribution is 7.98. The van der Waals surface area contributed by atoms with Gasteiger partial charge in [-0.25, -0.2) is 15.0 Å². The van der Waals surface area contributed by atoms with E-state index in [1.807, 2.05) is 24.3 Å². The SMILES string of the molecule is COc1ccc(CSc2ncc3[nH]cnc3n2)cc1. The number of nitrogens with zero attached hydrogens (tertiary/aromatic N) is 3. The van der Waals surface area contributed by atoms with Gasteiger partial charge in [0.25, 0.3) is 0 Å². The number of thioether (sulfide) groups is 1. The molecule has 0 saturated heterocycles. The Labute approximate surface area is 114 Å². The molecule has 0 aliphatic carbocycles. The van der Waals surface area contributed by atoms with Gasteiger partial charge in [0.15, 0.2) is 10.8 Å². The number of hydrogen-bond acceptors (Lipinski definition) is 5. The molecule has 0 unspecified atom stereocenters. The van der Waals surface area contributed by atoms with E-state index in [0.717, 1.165) is 22.2 Å². The molecule has 0 aliphatic rings. The minimum Gasteiger partial charge on any atom is -0.497 e. The number of aromatic amines is 1. The second-order valence-electron chi connectivity index (χ2n) is 3.93. The fourth-order valence-corrected chi connectivity index (χ4v) is 2.43. The zero-order valence-corrected chi connectivity index (χ0v) is 11.1. The predicted octanol–water partition coefficient (Wildman–Crippen LogP) is 2.65. The van der Waals surface area contributed by atoms with Crippen LogP contribution in [0.5, 0.6) is 5.75 Å². The zero-order valence-electron chi connectivity index (χ0n) is 10.3. The van der Waals surface area contributed by atoms with Crippen molar-refractivity contribution in [3.8, 4) is 5.75 Å². The average molecular weight is 272 g/mol. The van der Waals surface area contributed by atoms with Crippen molar-refractivity contribution in [2.24, 2.45) is 0 Å². The van der Waals surface area contributed by atoms with Gasteiger partial charge < -0.3 is 9.72 Å². The molecule has 0 aliphatic heterocycles. The van der Waals surface area contributed by atoms with E-state index < -0.39 is 0 Å². The van der Waals surface area contributed by atoms with Gasteiger partial charge in [-0.3, -0.25) is 0 Å². The fourth-order valence-electron chi connectivity index (χ4n) is 1.66. The number of benzene rings is 1. The maximum absolute atomic E-state index is 5.13. The van der Waals surface area contributed by atoms with Gasteiger partial charge in [0.2, 0.25) is 0 Å². The Morgan fingerprint density at radius 3 is 2.84 bits per heavy atom. The van der Waals surface area contributed by atoms with Gasteiger partial charge in [-0.15, -0.1) is 0 Å². The quantitative estimate of drug-likeness (QED) is 0.584. The molecule has 5 nitrogen and oxygen atoms in total. The Morgan fingerprint density at radius 1 is 1.21 bits per heavy atom. The Balaban J connectivity index is 1.70. The van der Waals surface area contributed by atoms with Crippen molar-refractivity contribution in [1.29, 1.82) is 0 Å². The molecule has 0 radical (unpaired) electrons. The number of methoxy groups -OCH3 is 1. The zero-order chi connectivity index (χ0) is 13.1. The summed E-state index contributed by atoms with van der Waals surface area (Å²) in [6.07, 6.45) is 3.38. The lowest BCUT2D eigenvalue weighted by atomic mass is 10.2. The van der Waals surface area contributed by atoms with E-state index in [9.17, 15) is 0 Å². The summed E-state index contributed by atoms with van der Waals surface area (Å²) in [5.41, 5.74) is 2.76. The molecule has 2 aromatic heterocycles. The van der Waals surface area contributed by atoms with Crippen LogP contribution in [0.25, 0.3) is 11.2 Å². The molecule has 6 heteroatoms. The van der Waals surface area contributed by atoms with Crippen LogP contribution in [0.4, 0.5) is 0 Å². The molecule has 0 atom stereocenters. The van der Waals surface area contributed by atoms with Crippen LogP contribution in [0.2, 0.25) is 0 Å². The fraction of sp³-hybridized carbons (Fsp3) is 0.154. The standard InChI is InChI=1S/C13H12N4OS/c1-18-10-4-2-9(3-5-10)7-19-13-14-6-11-12(17-13)16-8-15-11/h2-6,8H,7H2,1H3,(H,14,15,16,17). The summed E-state index contributed by atoms with van der Waals surface area (Å²) in [7, 11) is 1.66. The largest absolute Gasteiger partial charge is 0.497 e. The van der Waals surface area contributed by atoms with E-state index in [0.29, 0.717) is 5.65 Å². The van der Waals surface area contributed by atoms with Crippen LogP contribution in [0.3, 0.4) is 0 Å². The molecule has 0 bridgehead atoms. The Bertz CT molecular complexity index is 680. The van der Waals surface area contributed by atoms with Gasteiger partial charge >= 0.3 is 0 Å². The lowest BCUT2D eigenvalue weighted by molar-refractivity contribution is 0.414. The number of H-pyrrole nitrogens is 1. The lowest BCUT2D eigenvalue weighted by Crippen LogP contribution is -1.89. The van der Waals surface area contributed by atoms with Gasteiger partial charge in [-0.1, -0.05) is 23.9 Å². The maximum atomic E-state index is 5.13. The number of nitrogens with one attached hydrogen (secondary N) is 1. The van der Waals surface area contributed by atoms with Crippen LogP contribution in [0.1, 0.15) is 5.56 Å². The van der Waals surface area contributed by atoms with Gasteiger partial charge in [0.05, 0.1) is 19.6 Å². The highest BCUT2D eigenvalue weighted by Gasteiger charge is 2.03. The number of fused-ring (bicyclic) bond motifs is 1. The molecule has 96 valence electrons. The van der Waals surface area contributed by atoms with E-state index in [2.05, 4.69) is 19.9 Å². The van der Waals surface area contributed by atoms with Crippen LogP contribution < -0.4 is 4.74 Å². The van der Waals surface area contributed by atoms with Crippen molar-refractivity contribution in [2.45, 2.75) is 10.9 Å². The summed E-state index contributed by atoms with van der Waals surface area (Å²) >= 11 is 1.59. The molecule has 0 amide bonds. The monoisotopic (exact) mass is 272 g/mol. The van der Waals surface area contributed by atoms with Gasteiger partial charge in [0.1, 0.15) is 11.3 Å². The Kier molecular flexibility index (Phi) is 3.33. The van der Waals surface area contributed by atoms with Crippen molar-refractivity contribution < 1.29 is 4.74 Å². The molecular weight excluding hydrogens is 260 g/mol. The van der Waals surface area contributed by atoms with E-state index in [-0.39, 0.29) is 0 Å². The number of aromatic nitrogens is 4. The van der Waals surface area contributed by atoms with Crippen molar-refractivity contribution in [1.82, 2.24) is 19.9 Å². The smallest absolute Gasteiger partial charge is 0.190 e. The van der Waals surface area contributed by atoms with Gasteiger partial charge in [0, 0.05) is 5.75 Å². The third-order valence-electron chi connectivity index (χ3n) is 2.68. The first kappa shape index (κ1) is 12.0. The van der Waals surface area contributed by atoms with Crippen LogP contribution in [-0.4, -0.2) is 27.0 Å². The summed E-state index contributed by atoms with van der Waals surface area (Å²) in [4.78, 5) is 15.7. The maximum Gasteiger partial charge on any atom is 0.190 e. The third kappa shape index (κ3) is 2.68. The summed E-state index contributed by atoms with van der Waals surface area (Å²) in [5.74, 6) is 1.68. The van der Waals surface area contributed by atoms with Crippen LogP contribution in [0.15, 0.2) is 41.9 Å². The second kappa shape index (κ2) is 5.27. The second-order valence-corrected chi connectivity index (χ2v) is 4.87. The Morgan fingerprint density at radius 2 is 2.05 bits per heavy atom. The molecule has 2 heterocycles. The predicted molar refractivity (Wildman–Crippen MR) is 74.2 cm³/mol. The van der Waals surface area contributed by atoms with Crippen LogP contribution in [-0.2, 0) is 5.75 Å². The number of imidazole rings is 1. The van der Waals surface area contributed by atoms with E-state index in [1.165, 1.54) is 5.56 Å². The molecule has 0 spiro atoms. The van der Waals surface area contributed by atoms with E-state index >= 15 is 0 Å². The van der Waals surface area contributed by atoms with E-state index in [4.69, 9.17) is 4.74 Å². The van der Waals surface area contributed by atoms with Gasteiger partial charge in [-0.05, 0) is 17.7 Å². The highest BCUT2D eigenvalue weighted by Crippen LogP contribution is 2.21. The molecule has 1 N–H and O–H groups in total. The molecular formula is C13H12N4OS. The van der Waals surface area contributed by atoms with E-state index in [1.54, 1.807) is 31.4 Å². The molecule has 1 aromatic carbocycles. The highest BCUT2D eigenvalue weighted by atomic mass is 32.2. The average Bonchev–Trinajstić information content (AvgIpc) is 2.93. The number of hydrogen-bond donors (Lipinski definition) is 1. The molecule has 0 fully saturated rings. The van der Waals surface area contributed by atoms with Gasteiger partial charge in [-0.2, -0.15) is 0 Å². The summed E-state index contributed by atoms with van der Waals surface area (Å²) in [6.45, 7) is 0. The number of rotatable bonds is 4. The van der Waals surface area contributed by atoms with Crippen molar-refractivity contribution in [2.75, 3.05) is 7.11 Å². The summed E-state index contributed by atoms with van der Waals surface area (Å²) in [5, 5.41) is 0.732. The topological polar surface area (TPSA) is 63.7 Å². The first-order valence-electron chi connectivity index (χ1n) is 5.77. The first-order chi connectivity index (χ1) is 9.35. The Hall–Kier alpha value is -2.08. The number of ether oxygens (including phenoxy) is 1. The third-order valence-corrected chi connectivity index (χ3v) is 3.61. The molecule has 3 rings (SSSR count). The molecule has 3 aromatic rings. The van der Waals surface area contributed by atoms with Crippen molar-refractivity contribution >= 4 is 22.9 Å². The van der Waals surface area contributed by atoms with Crippen LogP contribution in [0, 0.1) is 0 Å². The minimum absolute atomic E-state index is 0.701. The summed E-state index contributed by atoms with van der Waals surface area (Å²) in [6, 6.07) is 7.99. The van der Waals surface area contributed by atoms with Crippen molar-refractivity contribution in [3.05, 3.63) is 42.4 Å². The normalized spacial score (nSPS) is 10.8. The minimum atomic E-state index is 0.701. The summed E-state index contributed by atoms with van der Waals surface area (Å²) < 4.78 is 5.13. The van der Waals surface area contributed by atoms with Crippen LogP contribution >= 0.6 is 11.8 Å². The van der Waals surface area contributed by atoms with Crippen molar-refractivity contribution in [3.63, 3.8) is 0 Å².